The van der Waals surface area contributed by atoms with Crippen LogP contribution in [0.1, 0.15) is 6.42 Å². The third-order valence-electron chi connectivity index (χ3n) is 5.06. The summed E-state index contributed by atoms with van der Waals surface area (Å²) in [5.41, 5.74) is 4.49. The highest BCUT2D eigenvalue weighted by molar-refractivity contribution is 9.10. The van der Waals surface area contributed by atoms with E-state index in [9.17, 15) is 0 Å². The van der Waals surface area contributed by atoms with E-state index in [1.54, 1.807) is 0 Å². The number of hydrogen-bond acceptors (Lipinski definition) is 4. The van der Waals surface area contributed by atoms with Gasteiger partial charge in [-0.15, -0.1) is 4.70 Å². The molecule has 6 heteroatoms. The molecular weight excluding hydrogens is 306 g/mol. The third-order valence-corrected chi connectivity index (χ3v) is 5.59. The SMILES string of the molecule is Brc1ccc([N+]2=NNC3C4CC(C5N=NC45)C32)cc1. The molecule has 0 radical (unpaired) electrons. The molecule has 1 aromatic rings. The Bertz CT molecular complexity index is 610. The summed E-state index contributed by atoms with van der Waals surface area (Å²) in [5.74, 6) is 1.24. The summed E-state index contributed by atoms with van der Waals surface area (Å²) in [4.78, 5) is 0. The van der Waals surface area contributed by atoms with Gasteiger partial charge >= 0.3 is 0 Å². The van der Waals surface area contributed by atoms with Crippen molar-refractivity contribution in [2.75, 3.05) is 0 Å². The Hall–Kier alpha value is -1.30. The van der Waals surface area contributed by atoms with Crippen LogP contribution < -0.4 is 5.43 Å². The van der Waals surface area contributed by atoms with Crippen LogP contribution in [0.5, 0.6) is 0 Å². The van der Waals surface area contributed by atoms with E-state index in [0.717, 1.165) is 10.2 Å². The molecule has 2 fully saturated rings. The molecule has 5 rings (SSSR count). The predicted octanol–water partition coefficient (Wildman–Crippen LogP) is 2.65. The van der Waals surface area contributed by atoms with Gasteiger partial charge in [0, 0.05) is 16.3 Å². The van der Waals surface area contributed by atoms with Crippen LogP contribution in [0.3, 0.4) is 0 Å². The van der Waals surface area contributed by atoms with Crippen LogP contribution in [0.2, 0.25) is 0 Å². The molecule has 6 unspecified atom stereocenters. The van der Waals surface area contributed by atoms with Crippen LogP contribution in [-0.4, -0.2) is 28.9 Å². The number of hydrogen-bond donors (Lipinski definition) is 1. The molecule has 0 amide bonds. The first-order valence-corrected chi connectivity index (χ1v) is 7.53. The molecule has 2 saturated carbocycles. The van der Waals surface area contributed by atoms with E-state index in [1.165, 1.54) is 6.42 Å². The van der Waals surface area contributed by atoms with Gasteiger partial charge in [-0.3, -0.25) is 0 Å². The molecule has 19 heavy (non-hydrogen) atoms. The minimum Gasteiger partial charge on any atom is -0.188 e. The number of benzene rings is 1. The topological polar surface area (TPSA) is 52.1 Å². The third kappa shape index (κ3) is 1.21. The lowest BCUT2D eigenvalue weighted by molar-refractivity contribution is -0.547. The zero-order valence-corrected chi connectivity index (χ0v) is 11.7. The van der Waals surface area contributed by atoms with E-state index in [1.807, 2.05) is 0 Å². The van der Waals surface area contributed by atoms with Crippen molar-refractivity contribution in [3.05, 3.63) is 28.7 Å². The summed E-state index contributed by atoms with van der Waals surface area (Å²) in [5, 5.41) is 13.2. The van der Waals surface area contributed by atoms with Crippen molar-refractivity contribution in [3.8, 4) is 0 Å². The molecule has 1 N–H and O–H groups in total. The molecule has 1 aromatic carbocycles. The average Bonchev–Trinajstić information content (AvgIpc) is 2.98. The molecule has 0 spiro atoms. The predicted molar refractivity (Wildman–Crippen MR) is 71.2 cm³/mol. The normalized spacial score (nSPS) is 44.4. The van der Waals surface area contributed by atoms with Gasteiger partial charge in [0.2, 0.25) is 0 Å². The zero-order chi connectivity index (χ0) is 12.6. The van der Waals surface area contributed by atoms with Crippen LogP contribution in [0.25, 0.3) is 0 Å². The fourth-order valence-corrected chi connectivity index (χ4v) is 4.50. The van der Waals surface area contributed by atoms with Gasteiger partial charge in [-0.2, -0.15) is 15.7 Å². The van der Waals surface area contributed by atoms with E-state index < -0.39 is 0 Å². The summed E-state index contributed by atoms with van der Waals surface area (Å²) >= 11 is 3.48. The van der Waals surface area contributed by atoms with Crippen LogP contribution in [0, 0.1) is 11.8 Å². The lowest BCUT2D eigenvalue weighted by atomic mass is 9.82. The second-order valence-electron chi connectivity index (χ2n) is 5.84. The molecule has 6 atom stereocenters. The first-order valence-electron chi connectivity index (χ1n) is 6.74. The first-order chi connectivity index (χ1) is 9.33. The van der Waals surface area contributed by atoms with E-state index >= 15 is 0 Å². The second kappa shape index (κ2) is 3.42. The van der Waals surface area contributed by atoms with Gasteiger partial charge < -0.3 is 0 Å². The van der Waals surface area contributed by atoms with Gasteiger partial charge in [-0.05, 0) is 30.7 Å². The van der Waals surface area contributed by atoms with Crippen LogP contribution >= 0.6 is 15.9 Å². The minimum absolute atomic E-state index is 0.451. The molecule has 2 aliphatic carbocycles. The second-order valence-corrected chi connectivity index (χ2v) is 6.76. The zero-order valence-electron chi connectivity index (χ0n) is 10.1. The summed E-state index contributed by atoms with van der Waals surface area (Å²) in [6.45, 7) is 0. The van der Waals surface area contributed by atoms with Crippen LogP contribution in [-0.2, 0) is 0 Å². The number of fused-ring (bicyclic) bond motifs is 8. The maximum Gasteiger partial charge on any atom is 0.171 e. The standard InChI is InChI=1S/C13H12BrN5/c14-6-1-3-7(4-2-6)19-13-9-5-8(12(13)17-18-19)10-11(9)16-15-10/h1-4,8-13H,5H2/p+1. The van der Waals surface area contributed by atoms with E-state index in [-0.39, 0.29) is 0 Å². The van der Waals surface area contributed by atoms with Crippen LogP contribution in [0.15, 0.2) is 44.2 Å². The fourth-order valence-electron chi connectivity index (χ4n) is 4.24. The quantitative estimate of drug-likeness (QED) is 0.795. The van der Waals surface area contributed by atoms with Gasteiger partial charge in [0.15, 0.2) is 12.1 Å². The lowest BCUT2D eigenvalue weighted by Gasteiger charge is -2.34. The molecule has 5 nitrogen and oxygen atoms in total. The van der Waals surface area contributed by atoms with Crippen molar-refractivity contribution in [2.24, 2.45) is 27.3 Å². The maximum absolute atomic E-state index is 4.54. The Labute approximate surface area is 118 Å². The molecule has 96 valence electrons. The van der Waals surface area contributed by atoms with E-state index in [4.69, 9.17) is 0 Å². The summed E-state index contributed by atoms with van der Waals surface area (Å²) in [6.07, 6.45) is 1.24. The van der Waals surface area contributed by atoms with Crippen molar-refractivity contribution >= 4 is 21.6 Å². The van der Waals surface area contributed by atoms with Crippen molar-refractivity contribution in [1.29, 1.82) is 0 Å². The number of azo groups is 1. The van der Waals surface area contributed by atoms with Crippen molar-refractivity contribution in [3.63, 3.8) is 0 Å². The Morgan fingerprint density at radius 2 is 1.84 bits per heavy atom. The first kappa shape index (κ1) is 10.5. The highest BCUT2D eigenvalue weighted by Gasteiger charge is 2.68. The van der Waals surface area contributed by atoms with Gasteiger partial charge in [-0.1, -0.05) is 15.9 Å². The summed E-state index contributed by atoms with van der Waals surface area (Å²) in [6, 6.07) is 10.2. The van der Waals surface area contributed by atoms with Gasteiger partial charge in [0.05, 0.1) is 5.22 Å². The van der Waals surface area contributed by atoms with Gasteiger partial charge in [0.25, 0.3) is 0 Å². The highest BCUT2D eigenvalue weighted by Crippen LogP contribution is 2.54. The Morgan fingerprint density at radius 1 is 1.11 bits per heavy atom. The molecule has 2 aliphatic heterocycles. The van der Waals surface area contributed by atoms with E-state index in [0.29, 0.717) is 36.0 Å². The lowest BCUT2D eigenvalue weighted by Crippen LogP contribution is -2.53. The molecule has 0 saturated heterocycles. The molecule has 2 bridgehead atoms. The van der Waals surface area contributed by atoms with Gasteiger partial charge in [0.1, 0.15) is 17.8 Å². The Balaban J connectivity index is 1.53. The van der Waals surface area contributed by atoms with Crippen LogP contribution in [0.4, 0.5) is 5.69 Å². The fraction of sp³-hybridized carbons (Fsp3) is 0.538. The Kier molecular flexibility index (Phi) is 1.89. The minimum atomic E-state index is 0.451. The molecule has 0 aromatic heterocycles. The highest BCUT2D eigenvalue weighted by atomic mass is 79.9. The van der Waals surface area contributed by atoms with Crippen molar-refractivity contribution < 1.29 is 4.70 Å². The smallest absolute Gasteiger partial charge is 0.171 e. The maximum atomic E-state index is 4.54. The van der Waals surface area contributed by atoms with Crippen molar-refractivity contribution in [2.45, 2.75) is 30.6 Å². The molecular formula is C13H13BrN5+. The summed E-state index contributed by atoms with van der Waals surface area (Å²) in [7, 11) is 0. The monoisotopic (exact) mass is 318 g/mol. The number of nitrogens with zero attached hydrogens (tertiary/aromatic N) is 4. The largest absolute Gasteiger partial charge is 0.188 e. The average molecular weight is 319 g/mol. The number of nitrogens with one attached hydrogen (secondary N) is 1. The molecule has 2 heterocycles. The van der Waals surface area contributed by atoms with Crippen molar-refractivity contribution in [1.82, 2.24) is 5.43 Å². The summed E-state index contributed by atoms with van der Waals surface area (Å²) < 4.78 is 3.26. The molecule has 4 aliphatic rings. The van der Waals surface area contributed by atoms with Gasteiger partial charge in [-0.25, -0.2) is 0 Å². The number of rotatable bonds is 1. The van der Waals surface area contributed by atoms with E-state index in [2.05, 4.69) is 65.8 Å². The Morgan fingerprint density at radius 3 is 2.58 bits per heavy atom. The number of halogens is 1.